The summed E-state index contributed by atoms with van der Waals surface area (Å²) in [5.41, 5.74) is 1.35. The van der Waals surface area contributed by atoms with Crippen LogP contribution >= 0.6 is 0 Å². The summed E-state index contributed by atoms with van der Waals surface area (Å²) in [6.07, 6.45) is 13.4. The lowest BCUT2D eigenvalue weighted by molar-refractivity contribution is 0.213. The Morgan fingerprint density at radius 3 is 2.89 bits per heavy atom. The smallest absolute Gasteiger partial charge is 0.0948 e. The van der Waals surface area contributed by atoms with Gasteiger partial charge in [-0.2, -0.15) is 0 Å². The second-order valence-corrected chi connectivity index (χ2v) is 5.73. The third-order valence-electron chi connectivity index (χ3n) is 4.33. The summed E-state index contributed by atoms with van der Waals surface area (Å²) in [5, 5.41) is 0. The van der Waals surface area contributed by atoms with Crippen LogP contribution in [-0.2, 0) is 0 Å². The third kappa shape index (κ3) is 3.62. The summed E-state index contributed by atoms with van der Waals surface area (Å²) in [6.45, 7) is 10.1. The monoisotopic (exact) mass is 261 g/mol. The first-order valence-corrected chi connectivity index (χ1v) is 7.64. The van der Waals surface area contributed by atoms with Gasteiger partial charge in [0.1, 0.15) is 0 Å². The van der Waals surface area contributed by atoms with Gasteiger partial charge in [-0.15, -0.1) is 0 Å². The molecule has 0 amide bonds. The van der Waals surface area contributed by atoms with E-state index in [0.29, 0.717) is 12.1 Å². The van der Waals surface area contributed by atoms with Gasteiger partial charge in [0.2, 0.25) is 0 Å². The molecule has 2 atom stereocenters. The van der Waals surface area contributed by atoms with Crippen LogP contribution in [0.1, 0.15) is 58.4 Å². The molecule has 2 unspecified atom stereocenters. The van der Waals surface area contributed by atoms with E-state index in [9.17, 15) is 0 Å². The fourth-order valence-electron chi connectivity index (χ4n) is 3.09. The lowest BCUT2D eigenvalue weighted by atomic mass is 10.0. The summed E-state index contributed by atoms with van der Waals surface area (Å²) in [7, 11) is 0. The zero-order valence-corrected chi connectivity index (χ0v) is 12.4. The molecule has 3 heteroatoms. The molecule has 0 aromatic carbocycles. The molecule has 19 heavy (non-hydrogen) atoms. The number of hydrogen-bond donors (Lipinski definition) is 0. The topological polar surface area (TPSA) is 21.1 Å². The molecule has 1 saturated heterocycles. The summed E-state index contributed by atoms with van der Waals surface area (Å²) in [4.78, 5) is 6.72. The molecular weight excluding hydrogens is 234 g/mol. The van der Waals surface area contributed by atoms with E-state index >= 15 is 0 Å². The minimum atomic E-state index is 0.503. The molecule has 2 heterocycles. The van der Waals surface area contributed by atoms with Crippen LogP contribution in [-0.4, -0.2) is 27.0 Å². The number of rotatable bonds is 5. The molecule has 2 rings (SSSR count). The molecule has 0 radical (unpaired) electrons. The second-order valence-electron chi connectivity index (χ2n) is 5.73. The Kier molecular flexibility index (Phi) is 5.06. The van der Waals surface area contributed by atoms with Gasteiger partial charge in [-0.05, 0) is 39.0 Å². The molecule has 0 saturated carbocycles. The molecular formula is C16H27N3. The van der Waals surface area contributed by atoms with Crippen molar-refractivity contribution in [3.05, 3.63) is 31.0 Å². The fraction of sp³-hybridized carbons (Fsp3) is 0.688. The maximum absolute atomic E-state index is 4.30. The van der Waals surface area contributed by atoms with Crippen LogP contribution in [0.3, 0.4) is 0 Å². The molecule has 0 aliphatic carbocycles. The minimum Gasteiger partial charge on any atom is -0.372 e. The van der Waals surface area contributed by atoms with Crippen LogP contribution < -0.4 is 0 Å². The molecule has 106 valence electrons. The van der Waals surface area contributed by atoms with E-state index in [4.69, 9.17) is 0 Å². The lowest BCUT2D eigenvalue weighted by Crippen LogP contribution is -2.35. The van der Waals surface area contributed by atoms with Gasteiger partial charge in [-0.25, -0.2) is 4.98 Å². The van der Waals surface area contributed by atoms with Crippen molar-refractivity contribution in [2.75, 3.05) is 6.54 Å². The quantitative estimate of drug-likeness (QED) is 0.798. The van der Waals surface area contributed by atoms with Crippen molar-refractivity contribution in [3.8, 4) is 0 Å². The van der Waals surface area contributed by atoms with Gasteiger partial charge in [0.15, 0.2) is 0 Å². The molecule has 1 fully saturated rings. The minimum absolute atomic E-state index is 0.503. The van der Waals surface area contributed by atoms with Crippen molar-refractivity contribution in [3.63, 3.8) is 0 Å². The first-order chi connectivity index (χ1) is 9.22. The Morgan fingerprint density at radius 2 is 2.21 bits per heavy atom. The second kappa shape index (κ2) is 6.78. The predicted molar refractivity (Wildman–Crippen MR) is 79.9 cm³/mol. The fourth-order valence-corrected chi connectivity index (χ4v) is 3.09. The molecule has 0 spiro atoms. The van der Waals surface area contributed by atoms with Gasteiger partial charge in [-0.1, -0.05) is 19.9 Å². The van der Waals surface area contributed by atoms with Crippen molar-refractivity contribution >= 4 is 0 Å². The Bertz CT molecular complexity index is 383. The summed E-state index contributed by atoms with van der Waals surface area (Å²) >= 11 is 0. The van der Waals surface area contributed by atoms with Crippen molar-refractivity contribution in [1.82, 2.24) is 14.5 Å². The van der Waals surface area contributed by atoms with E-state index in [-0.39, 0.29) is 0 Å². The van der Waals surface area contributed by atoms with E-state index in [1.165, 1.54) is 50.8 Å². The normalized spacial score (nSPS) is 20.1. The lowest BCUT2D eigenvalue weighted by Gasteiger charge is -2.35. The first-order valence-electron chi connectivity index (χ1n) is 7.64. The van der Waals surface area contributed by atoms with E-state index in [2.05, 4.69) is 41.1 Å². The van der Waals surface area contributed by atoms with Gasteiger partial charge in [0.25, 0.3) is 0 Å². The number of hydrogen-bond acceptors (Lipinski definition) is 2. The molecule has 3 nitrogen and oxygen atoms in total. The van der Waals surface area contributed by atoms with Crippen LogP contribution in [0.2, 0.25) is 0 Å². The molecule has 1 aromatic rings. The van der Waals surface area contributed by atoms with E-state index in [0.717, 1.165) is 0 Å². The third-order valence-corrected chi connectivity index (χ3v) is 4.33. The zero-order chi connectivity index (χ0) is 13.7. The highest BCUT2D eigenvalue weighted by molar-refractivity contribution is 4.99. The number of allylic oxidation sites excluding steroid dienone is 1. The van der Waals surface area contributed by atoms with Crippen molar-refractivity contribution < 1.29 is 0 Å². The number of aromatic nitrogens is 2. The summed E-state index contributed by atoms with van der Waals surface area (Å²) < 4.78 is 2.21. The molecule has 1 aliphatic rings. The Balaban J connectivity index is 2.00. The SMILES string of the molecule is C=C1CCCCCN1C(CC)CC(C)n1ccnc1. The van der Waals surface area contributed by atoms with Crippen molar-refractivity contribution in [1.29, 1.82) is 0 Å². The Labute approximate surface area is 117 Å². The highest BCUT2D eigenvalue weighted by atomic mass is 15.2. The standard InChI is InChI=1S/C16H27N3/c1-4-16(12-15(3)18-11-9-17-13-18)19-10-7-5-6-8-14(19)2/h9,11,13,15-16H,2,4-8,10,12H2,1,3H3. The average molecular weight is 261 g/mol. The number of nitrogens with zero attached hydrogens (tertiary/aromatic N) is 3. The van der Waals surface area contributed by atoms with Crippen LogP contribution in [0.15, 0.2) is 31.0 Å². The predicted octanol–water partition coefficient (Wildman–Crippen LogP) is 4.00. The molecule has 0 N–H and O–H groups in total. The molecule has 1 aromatic heterocycles. The van der Waals surface area contributed by atoms with Crippen molar-refractivity contribution in [2.45, 2.75) is 64.5 Å². The zero-order valence-electron chi connectivity index (χ0n) is 12.4. The Hall–Kier alpha value is -1.25. The maximum atomic E-state index is 4.30. The van der Waals surface area contributed by atoms with Gasteiger partial charge < -0.3 is 9.47 Å². The van der Waals surface area contributed by atoms with Gasteiger partial charge >= 0.3 is 0 Å². The molecule has 1 aliphatic heterocycles. The van der Waals surface area contributed by atoms with Crippen LogP contribution in [0.4, 0.5) is 0 Å². The summed E-state index contributed by atoms with van der Waals surface area (Å²) in [5.74, 6) is 0. The van der Waals surface area contributed by atoms with Gasteiger partial charge in [0, 0.05) is 36.7 Å². The van der Waals surface area contributed by atoms with Crippen LogP contribution in [0.5, 0.6) is 0 Å². The van der Waals surface area contributed by atoms with E-state index in [1.54, 1.807) is 0 Å². The highest BCUT2D eigenvalue weighted by Gasteiger charge is 2.22. The first kappa shape index (κ1) is 14.2. The maximum Gasteiger partial charge on any atom is 0.0948 e. The largest absolute Gasteiger partial charge is 0.372 e. The van der Waals surface area contributed by atoms with Gasteiger partial charge in [-0.3, -0.25) is 0 Å². The number of likely N-dealkylation sites (tertiary alicyclic amines) is 1. The van der Waals surface area contributed by atoms with E-state index < -0.39 is 0 Å². The van der Waals surface area contributed by atoms with E-state index in [1.807, 2.05) is 12.5 Å². The van der Waals surface area contributed by atoms with Crippen LogP contribution in [0, 0.1) is 0 Å². The highest BCUT2D eigenvalue weighted by Crippen LogP contribution is 2.26. The summed E-state index contributed by atoms with van der Waals surface area (Å²) in [6, 6.07) is 1.12. The Morgan fingerprint density at radius 1 is 1.37 bits per heavy atom. The average Bonchev–Trinajstić information content (AvgIpc) is 2.86. The van der Waals surface area contributed by atoms with Gasteiger partial charge in [0.05, 0.1) is 6.33 Å². The van der Waals surface area contributed by atoms with Crippen LogP contribution in [0.25, 0.3) is 0 Å². The molecule has 0 bridgehead atoms. The van der Waals surface area contributed by atoms with Crippen molar-refractivity contribution in [2.24, 2.45) is 0 Å². The number of imidazole rings is 1.